The highest BCUT2D eigenvalue weighted by atomic mass is 127. The largest absolute Gasteiger partial charge is 0.496 e. The van der Waals surface area contributed by atoms with Crippen LogP contribution in [0, 0.1) is 16.3 Å². The average molecular weight is 366 g/mol. The van der Waals surface area contributed by atoms with Gasteiger partial charge < -0.3 is 9.47 Å². The van der Waals surface area contributed by atoms with Crippen LogP contribution in [-0.4, -0.2) is 18.7 Å². The standard InChI is InChI=1S/C13H16FIO3/c1-7-6-8(14)10(15)9(11(7)17-5)12(16)18-13(2,3)4/h6H,1-5H3. The highest BCUT2D eigenvalue weighted by molar-refractivity contribution is 14.1. The Balaban J connectivity index is 3.34. The van der Waals surface area contributed by atoms with Crippen LogP contribution in [0.2, 0.25) is 0 Å². The first-order valence-electron chi connectivity index (χ1n) is 5.43. The second-order valence-corrected chi connectivity index (χ2v) is 5.98. The Hall–Kier alpha value is -0.850. The van der Waals surface area contributed by atoms with Crippen LogP contribution >= 0.6 is 22.6 Å². The van der Waals surface area contributed by atoms with Crippen molar-refractivity contribution in [2.45, 2.75) is 33.3 Å². The maximum atomic E-state index is 13.7. The monoisotopic (exact) mass is 366 g/mol. The number of aryl methyl sites for hydroxylation is 1. The molecule has 18 heavy (non-hydrogen) atoms. The summed E-state index contributed by atoms with van der Waals surface area (Å²) in [6.45, 7) is 6.97. The molecule has 0 aliphatic rings. The zero-order valence-corrected chi connectivity index (χ0v) is 13.2. The van der Waals surface area contributed by atoms with E-state index in [2.05, 4.69) is 0 Å². The molecule has 0 saturated heterocycles. The highest BCUT2D eigenvalue weighted by Gasteiger charge is 2.26. The Morgan fingerprint density at radius 2 is 1.94 bits per heavy atom. The lowest BCUT2D eigenvalue weighted by Gasteiger charge is -2.21. The van der Waals surface area contributed by atoms with Crippen LogP contribution in [0.5, 0.6) is 5.75 Å². The summed E-state index contributed by atoms with van der Waals surface area (Å²) in [6, 6.07) is 1.34. The van der Waals surface area contributed by atoms with Crippen molar-refractivity contribution in [3.8, 4) is 5.75 Å². The quantitative estimate of drug-likeness (QED) is 0.592. The van der Waals surface area contributed by atoms with Gasteiger partial charge in [0.1, 0.15) is 22.7 Å². The van der Waals surface area contributed by atoms with Crippen molar-refractivity contribution < 1.29 is 18.7 Å². The summed E-state index contributed by atoms with van der Waals surface area (Å²) in [5, 5.41) is 0. The molecule has 5 heteroatoms. The molecule has 0 fully saturated rings. The number of rotatable bonds is 2. The third kappa shape index (κ3) is 3.34. The maximum absolute atomic E-state index is 13.7. The van der Waals surface area contributed by atoms with Crippen molar-refractivity contribution in [3.63, 3.8) is 0 Å². The normalized spacial score (nSPS) is 11.3. The lowest BCUT2D eigenvalue weighted by atomic mass is 10.1. The van der Waals surface area contributed by atoms with E-state index in [1.54, 1.807) is 50.3 Å². The molecule has 0 aliphatic heterocycles. The van der Waals surface area contributed by atoms with Crippen molar-refractivity contribution >= 4 is 28.6 Å². The van der Waals surface area contributed by atoms with Crippen LogP contribution in [-0.2, 0) is 4.74 Å². The van der Waals surface area contributed by atoms with Gasteiger partial charge in [-0.2, -0.15) is 0 Å². The van der Waals surface area contributed by atoms with Crippen molar-refractivity contribution in [1.82, 2.24) is 0 Å². The Morgan fingerprint density at radius 3 is 2.39 bits per heavy atom. The molecule has 0 atom stereocenters. The first-order chi connectivity index (χ1) is 8.17. The van der Waals surface area contributed by atoms with Crippen molar-refractivity contribution in [1.29, 1.82) is 0 Å². The summed E-state index contributed by atoms with van der Waals surface area (Å²) in [5.41, 5.74) is 0.0765. The van der Waals surface area contributed by atoms with Gasteiger partial charge in [-0.25, -0.2) is 9.18 Å². The van der Waals surface area contributed by atoms with Gasteiger partial charge in [0.15, 0.2) is 0 Å². The molecule has 0 bridgehead atoms. The third-order valence-electron chi connectivity index (χ3n) is 2.16. The summed E-state index contributed by atoms with van der Waals surface area (Å²) in [7, 11) is 1.45. The van der Waals surface area contributed by atoms with Gasteiger partial charge in [-0.3, -0.25) is 0 Å². The lowest BCUT2D eigenvalue weighted by Crippen LogP contribution is -2.25. The Labute approximate surface area is 120 Å². The molecule has 3 nitrogen and oxygen atoms in total. The summed E-state index contributed by atoms with van der Waals surface area (Å²) < 4.78 is 24.3. The van der Waals surface area contributed by atoms with Crippen LogP contribution in [0.1, 0.15) is 36.7 Å². The van der Waals surface area contributed by atoms with E-state index in [0.29, 0.717) is 11.3 Å². The molecular weight excluding hydrogens is 350 g/mol. The Bertz CT molecular complexity index is 478. The minimum atomic E-state index is -0.634. The van der Waals surface area contributed by atoms with Crippen LogP contribution in [0.4, 0.5) is 4.39 Å². The lowest BCUT2D eigenvalue weighted by molar-refractivity contribution is 0.00644. The molecule has 0 saturated carbocycles. The predicted octanol–water partition coefficient (Wildman–Crippen LogP) is 3.70. The molecule has 0 heterocycles. The fourth-order valence-electron chi connectivity index (χ4n) is 1.51. The van der Waals surface area contributed by atoms with Gasteiger partial charge in [-0.1, -0.05) is 0 Å². The SMILES string of the molecule is COc1c(C)cc(F)c(I)c1C(=O)OC(C)(C)C. The maximum Gasteiger partial charge on any atom is 0.343 e. The molecule has 0 unspecified atom stereocenters. The molecular formula is C13H16FIO3. The molecule has 0 N–H and O–H groups in total. The van der Waals surface area contributed by atoms with Gasteiger partial charge in [0, 0.05) is 0 Å². The first kappa shape index (κ1) is 15.2. The number of hydrogen-bond donors (Lipinski definition) is 0. The fourth-order valence-corrected chi connectivity index (χ4v) is 2.13. The minimum Gasteiger partial charge on any atom is -0.496 e. The number of ether oxygens (including phenoxy) is 2. The molecule has 0 amide bonds. The van der Waals surface area contributed by atoms with Gasteiger partial charge in [0.25, 0.3) is 0 Å². The van der Waals surface area contributed by atoms with Crippen LogP contribution < -0.4 is 4.74 Å². The third-order valence-corrected chi connectivity index (χ3v) is 3.22. The molecule has 0 aromatic heterocycles. The molecule has 1 aromatic carbocycles. The average Bonchev–Trinajstić information content (AvgIpc) is 2.20. The first-order valence-corrected chi connectivity index (χ1v) is 6.51. The van der Waals surface area contributed by atoms with Gasteiger partial charge in [0.05, 0.1) is 10.7 Å². The number of methoxy groups -OCH3 is 1. The van der Waals surface area contributed by atoms with E-state index >= 15 is 0 Å². The van der Waals surface area contributed by atoms with Crippen molar-refractivity contribution in [3.05, 3.63) is 26.6 Å². The molecule has 100 valence electrons. The van der Waals surface area contributed by atoms with E-state index in [0.717, 1.165) is 0 Å². The van der Waals surface area contributed by atoms with Gasteiger partial charge in [-0.05, 0) is 61.9 Å². The predicted molar refractivity (Wildman–Crippen MR) is 75.6 cm³/mol. The molecule has 0 spiro atoms. The van der Waals surface area contributed by atoms with E-state index in [1.807, 2.05) is 0 Å². The molecule has 0 aliphatic carbocycles. The molecule has 0 radical (unpaired) electrons. The van der Waals surface area contributed by atoms with Crippen LogP contribution in [0.3, 0.4) is 0 Å². The van der Waals surface area contributed by atoms with E-state index < -0.39 is 17.4 Å². The second-order valence-electron chi connectivity index (χ2n) is 4.90. The smallest absolute Gasteiger partial charge is 0.343 e. The van der Waals surface area contributed by atoms with E-state index in [9.17, 15) is 9.18 Å². The molecule has 1 rings (SSSR count). The number of halogens is 2. The summed E-state index contributed by atoms with van der Waals surface area (Å²) >= 11 is 1.78. The summed E-state index contributed by atoms with van der Waals surface area (Å²) in [4.78, 5) is 12.1. The second kappa shape index (κ2) is 5.42. The fraction of sp³-hybridized carbons (Fsp3) is 0.462. The number of benzene rings is 1. The van der Waals surface area contributed by atoms with Gasteiger partial charge in [-0.15, -0.1) is 0 Å². The zero-order valence-electron chi connectivity index (χ0n) is 11.1. The van der Waals surface area contributed by atoms with Crippen LogP contribution in [0.25, 0.3) is 0 Å². The summed E-state index contributed by atoms with van der Waals surface area (Å²) in [5.74, 6) is -0.670. The van der Waals surface area contributed by atoms with Gasteiger partial charge in [0.2, 0.25) is 0 Å². The van der Waals surface area contributed by atoms with Crippen molar-refractivity contribution in [2.24, 2.45) is 0 Å². The van der Waals surface area contributed by atoms with Crippen LogP contribution in [0.15, 0.2) is 6.07 Å². The van der Waals surface area contributed by atoms with E-state index in [1.165, 1.54) is 13.2 Å². The number of carbonyl (C=O) groups excluding carboxylic acids is 1. The van der Waals surface area contributed by atoms with Crippen molar-refractivity contribution in [2.75, 3.05) is 7.11 Å². The van der Waals surface area contributed by atoms with E-state index in [-0.39, 0.29) is 9.13 Å². The number of esters is 1. The number of carbonyl (C=O) groups is 1. The molecule has 1 aromatic rings. The topological polar surface area (TPSA) is 35.5 Å². The highest BCUT2D eigenvalue weighted by Crippen LogP contribution is 2.31. The summed E-state index contributed by atoms with van der Waals surface area (Å²) in [6.07, 6.45) is 0. The van der Waals surface area contributed by atoms with Gasteiger partial charge >= 0.3 is 5.97 Å². The Kier molecular flexibility index (Phi) is 4.58. The zero-order chi connectivity index (χ0) is 14.1. The Morgan fingerprint density at radius 1 is 1.39 bits per heavy atom. The number of hydrogen-bond acceptors (Lipinski definition) is 3. The minimum absolute atomic E-state index is 0.144. The van der Waals surface area contributed by atoms with E-state index in [4.69, 9.17) is 9.47 Å².